The van der Waals surface area contributed by atoms with Crippen LogP contribution >= 0.6 is 0 Å². The molecule has 0 unspecified atom stereocenters. The lowest BCUT2D eigenvalue weighted by molar-refractivity contribution is 0.0695. The third kappa shape index (κ3) is 3.00. The molecule has 0 saturated carbocycles. The summed E-state index contributed by atoms with van der Waals surface area (Å²) in [4.78, 5) is 16.2. The van der Waals surface area contributed by atoms with E-state index in [9.17, 15) is 4.79 Å². The SMILES string of the molecule is NC(=O)c1cccc(CN2CCN(C3CNC3)CC2)c1. The largest absolute Gasteiger partial charge is 0.366 e. The molecule has 3 N–H and O–H groups in total. The topological polar surface area (TPSA) is 61.6 Å². The van der Waals surface area contributed by atoms with Gasteiger partial charge in [0.1, 0.15) is 0 Å². The van der Waals surface area contributed by atoms with Crippen LogP contribution in [0.4, 0.5) is 0 Å². The van der Waals surface area contributed by atoms with E-state index in [-0.39, 0.29) is 5.91 Å². The molecular weight excluding hydrogens is 252 g/mol. The van der Waals surface area contributed by atoms with Crippen LogP contribution in [-0.4, -0.2) is 61.0 Å². The maximum absolute atomic E-state index is 11.2. The Kier molecular flexibility index (Phi) is 4.00. The smallest absolute Gasteiger partial charge is 0.248 e. The number of rotatable bonds is 4. The van der Waals surface area contributed by atoms with Crippen LogP contribution in [-0.2, 0) is 6.54 Å². The second kappa shape index (κ2) is 5.91. The zero-order valence-corrected chi connectivity index (χ0v) is 11.7. The van der Waals surface area contributed by atoms with Crippen LogP contribution in [0.5, 0.6) is 0 Å². The summed E-state index contributed by atoms with van der Waals surface area (Å²) in [6, 6.07) is 8.40. The van der Waals surface area contributed by atoms with Gasteiger partial charge in [-0.2, -0.15) is 0 Å². The summed E-state index contributed by atoms with van der Waals surface area (Å²) >= 11 is 0. The van der Waals surface area contributed by atoms with Crippen molar-refractivity contribution in [2.75, 3.05) is 39.3 Å². The predicted molar refractivity (Wildman–Crippen MR) is 78.5 cm³/mol. The Bertz CT molecular complexity index is 479. The van der Waals surface area contributed by atoms with Crippen molar-refractivity contribution in [3.05, 3.63) is 35.4 Å². The molecule has 5 nitrogen and oxygen atoms in total. The first-order valence-corrected chi connectivity index (χ1v) is 7.28. The highest BCUT2D eigenvalue weighted by Crippen LogP contribution is 2.13. The lowest BCUT2D eigenvalue weighted by Gasteiger charge is -2.43. The van der Waals surface area contributed by atoms with Crippen LogP contribution in [0.2, 0.25) is 0 Å². The van der Waals surface area contributed by atoms with E-state index in [2.05, 4.69) is 21.2 Å². The van der Waals surface area contributed by atoms with Gasteiger partial charge in [-0.25, -0.2) is 0 Å². The highest BCUT2D eigenvalue weighted by Gasteiger charge is 2.27. The maximum atomic E-state index is 11.2. The zero-order valence-electron chi connectivity index (χ0n) is 11.7. The van der Waals surface area contributed by atoms with Crippen molar-refractivity contribution < 1.29 is 4.79 Å². The van der Waals surface area contributed by atoms with E-state index in [0.717, 1.165) is 51.9 Å². The van der Waals surface area contributed by atoms with Gasteiger partial charge in [0.25, 0.3) is 0 Å². The molecule has 2 heterocycles. The first-order chi connectivity index (χ1) is 9.72. The molecule has 2 aliphatic rings. The molecule has 3 rings (SSSR count). The van der Waals surface area contributed by atoms with Gasteiger partial charge in [-0.3, -0.25) is 14.6 Å². The van der Waals surface area contributed by atoms with Gasteiger partial charge >= 0.3 is 0 Å². The van der Waals surface area contributed by atoms with Gasteiger partial charge in [0.15, 0.2) is 0 Å². The summed E-state index contributed by atoms with van der Waals surface area (Å²) < 4.78 is 0. The third-order valence-corrected chi connectivity index (χ3v) is 4.30. The van der Waals surface area contributed by atoms with E-state index >= 15 is 0 Å². The van der Waals surface area contributed by atoms with Crippen molar-refractivity contribution in [1.82, 2.24) is 15.1 Å². The number of nitrogens with two attached hydrogens (primary N) is 1. The predicted octanol–water partition coefficient (Wildman–Crippen LogP) is -0.125. The average Bonchev–Trinajstić information content (AvgIpc) is 2.39. The van der Waals surface area contributed by atoms with Crippen LogP contribution in [0, 0.1) is 0 Å². The molecular formula is C15H22N4O. The van der Waals surface area contributed by atoms with Gasteiger partial charge in [-0.15, -0.1) is 0 Å². The summed E-state index contributed by atoms with van der Waals surface area (Å²) in [5, 5.41) is 3.33. The minimum Gasteiger partial charge on any atom is -0.366 e. The highest BCUT2D eigenvalue weighted by molar-refractivity contribution is 5.92. The maximum Gasteiger partial charge on any atom is 0.248 e. The summed E-state index contributed by atoms with van der Waals surface area (Å²) in [5.41, 5.74) is 7.09. The summed E-state index contributed by atoms with van der Waals surface area (Å²) in [6.07, 6.45) is 0. The molecule has 1 aromatic carbocycles. The van der Waals surface area contributed by atoms with E-state index in [1.54, 1.807) is 6.07 Å². The van der Waals surface area contributed by atoms with Crippen LogP contribution in [0.25, 0.3) is 0 Å². The second-order valence-electron chi connectivity index (χ2n) is 5.69. The van der Waals surface area contributed by atoms with Crippen LogP contribution in [0.3, 0.4) is 0 Å². The molecule has 0 atom stereocenters. The molecule has 0 aliphatic carbocycles. The van der Waals surface area contributed by atoms with E-state index in [1.165, 1.54) is 5.56 Å². The lowest BCUT2D eigenvalue weighted by atomic mass is 10.1. The molecule has 5 heteroatoms. The number of primary amides is 1. The summed E-state index contributed by atoms with van der Waals surface area (Å²) in [5.74, 6) is -0.353. The molecule has 20 heavy (non-hydrogen) atoms. The standard InChI is InChI=1S/C15H22N4O/c16-15(20)13-3-1-2-12(8-13)11-18-4-6-19(7-5-18)14-9-17-10-14/h1-3,8,14,17H,4-7,9-11H2,(H2,16,20). The fraction of sp³-hybridized carbons (Fsp3) is 0.533. The molecule has 108 valence electrons. The monoisotopic (exact) mass is 274 g/mol. The number of hydrogen-bond donors (Lipinski definition) is 2. The van der Waals surface area contributed by atoms with Crippen LogP contribution in [0.1, 0.15) is 15.9 Å². The Labute approximate surface area is 119 Å². The van der Waals surface area contributed by atoms with Gasteiger partial charge in [0.05, 0.1) is 0 Å². The van der Waals surface area contributed by atoms with Gasteiger partial charge in [0, 0.05) is 57.4 Å². The summed E-state index contributed by atoms with van der Waals surface area (Å²) in [6.45, 7) is 7.65. The Morgan fingerprint density at radius 1 is 1.25 bits per heavy atom. The van der Waals surface area contributed by atoms with E-state index in [1.807, 2.05) is 12.1 Å². The van der Waals surface area contributed by atoms with Crippen LogP contribution < -0.4 is 11.1 Å². The number of amides is 1. The van der Waals surface area contributed by atoms with Crippen LogP contribution in [0.15, 0.2) is 24.3 Å². The van der Waals surface area contributed by atoms with Crippen molar-refractivity contribution in [2.45, 2.75) is 12.6 Å². The van der Waals surface area contributed by atoms with E-state index in [4.69, 9.17) is 5.73 Å². The first kappa shape index (κ1) is 13.5. The van der Waals surface area contributed by atoms with Crippen molar-refractivity contribution >= 4 is 5.91 Å². The lowest BCUT2D eigenvalue weighted by Crippen LogP contribution is -2.61. The molecule has 1 amide bonds. The van der Waals surface area contributed by atoms with Crippen molar-refractivity contribution in [1.29, 1.82) is 0 Å². The Hall–Kier alpha value is -1.43. The number of nitrogens with zero attached hydrogens (tertiary/aromatic N) is 2. The Morgan fingerprint density at radius 3 is 2.60 bits per heavy atom. The number of carbonyl (C=O) groups is 1. The minimum atomic E-state index is -0.353. The van der Waals surface area contributed by atoms with E-state index in [0.29, 0.717) is 5.56 Å². The van der Waals surface area contributed by atoms with Crippen molar-refractivity contribution in [3.8, 4) is 0 Å². The first-order valence-electron chi connectivity index (χ1n) is 7.28. The second-order valence-corrected chi connectivity index (χ2v) is 5.69. The normalized spacial score (nSPS) is 21.6. The number of carbonyl (C=O) groups excluding carboxylic acids is 1. The van der Waals surface area contributed by atoms with Gasteiger partial charge < -0.3 is 11.1 Å². The number of benzene rings is 1. The molecule has 2 saturated heterocycles. The average molecular weight is 274 g/mol. The Morgan fingerprint density at radius 2 is 2.00 bits per heavy atom. The molecule has 0 spiro atoms. The van der Waals surface area contributed by atoms with Gasteiger partial charge in [0.2, 0.25) is 5.91 Å². The number of nitrogens with one attached hydrogen (secondary N) is 1. The molecule has 0 radical (unpaired) electrons. The molecule has 0 aromatic heterocycles. The Balaban J connectivity index is 1.53. The van der Waals surface area contributed by atoms with Crippen molar-refractivity contribution in [3.63, 3.8) is 0 Å². The van der Waals surface area contributed by atoms with Gasteiger partial charge in [-0.1, -0.05) is 12.1 Å². The van der Waals surface area contributed by atoms with E-state index < -0.39 is 0 Å². The number of hydrogen-bond acceptors (Lipinski definition) is 4. The summed E-state index contributed by atoms with van der Waals surface area (Å²) in [7, 11) is 0. The van der Waals surface area contributed by atoms with Gasteiger partial charge in [-0.05, 0) is 17.7 Å². The molecule has 0 bridgehead atoms. The quantitative estimate of drug-likeness (QED) is 0.803. The molecule has 2 fully saturated rings. The minimum absolute atomic E-state index is 0.353. The molecule has 2 aliphatic heterocycles. The van der Waals surface area contributed by atoms with Crippen molar-refractivity contribution in [2.24, 2.45) is 5.73 Å². The highest BCUT2D eigenvalue weighted by atomic mass is 16.1. The fourth-order valence-electron chi connectivity index (χ4n) is 2.90. The number of piperazine rings is 1. The fourth-order valence-corrected chi connectivity index (χ4v) is 2.90. The zero-order chi connectivity index (χ0) is 13.9. The molecule has 1 aromatic rings. The third-order valence-electron chi connectivity index (χ3n) is 4.30.